The van der Waals surface area contributed by atoms with E-state index in [0.717, 1.165) is 30.7 Å². The molecule has 1 aromatic heterocycles. The molecule has 0 bridgehead atoms. The molecular weight excluding hydrogens is 368 g/mol. The highest BCUT2D eigenvalue weighted by molar-refractivity contribution is 7.99. The van der Waals surface area contributed by atoms with Crippen molar-refractivity contribution in [3.05, 3.63) is 38.7 Å². The highest BCUT2D eigenvalue weighted by atomic mass is 35.5. The van der Waals surface area contributed by atoms with Crippen molar-refractivity contribution in [1.82, 2.24) is 15.2 Å². The second-order valence-electron chi connectivity index (χ2n) is 5.07. The van der Waals surface area contributed by atoms with E-state index in [0.29, 0.717) is 17.4 Å². The van der Waals surface area contributed by atoms with Crippen molar-refractivity contribution in [1.29, 1.82) is 0 Å². The third-order valence-electron chi connectivity index (χ3n) is 3.23. The van der Waals surface area contributed by atoms with Gasteiger partial charge in [-0.1, -0.05) is 31.9 Å². The van der Waals surface area contributed by atoms with Crippen LogP contribution in [0.4, 0.5) is 5.69 Å². The van der Waals surface area contributed by atoms with Crippen LogP contribution >= 0.6 is 23.4 Å². The van der Waals surface area contributed by atoms with Crippen molar-refractivity contribution in [3.63, 3.8) is 0 Å². The number of ether oxygens (including phenoxy) is 1. The SMILES string of the molecule is CCCCOC(=O)c1cc(Cl)c(Sc2n[nH]c(CC)n2)c([N+](=O)[O-])c1. The van der Waals surface area contributed by atoms with Gasteiger partial charge in [-0.3, -0.25) is 15.2 Å². The molecule has 0 saturated carbocycles. The van der Waals surface area contributed by atoms with Gasteiger partial charge in [-0.15, -0.1) is 5.10 Å². The maximum Gasteiger partial charge on any atom is 0.338 e. The summed E-state index contributed by atoms with van der Waals surface area (Å²) < 4.78 is 5.08. The van der Waals surface area contributed by atoms with Crippen molar-refractivity contribution < 1.29 is 14.5 Å². The molecule has 0 amide bonds. The average molecular weight is 385 g/mol. The van der Waals surface area contributed by atoms with E-state index in [1.165, 1.54) is 6.07 Å². The number of hydrogen-bond acceptors (Lipinski definition) is 7. The van der Waals surface area contributed by atoms with E-state index < -0.39 is 10.9 Å². The van der Waals surface area contributed by atoms with E-state index in [-0.39, 0.29) is 27.8 Å². The van der Waals surface area contributed by atoms with E-state index >= 15 is 0 Å². The van der Waals surface area contributed by atoms with Crippen LogP contribution in [0.15, 0.2) is 22.2 Å². The summed E-state index contributed by atoms with van der Waals surface area (Å²) >= 11 is 7.14. The highest BCUT2D eigenvalue weighted by Crippen LogP contribution is 2.39. The molecule has 134 valence electrons. The standard InChI is InChI=1S/C15H17ClN4O4S/c1-3-5-6-24-14(21)9-7-10(16)13(11(8-9)20(22)23)25-15-17-12(4-2)18-19-15/h7-8H,3-6H2,1-2H3,(H,17,18,19). The zero-order valence-electron chi connectivity index (χ0n) is 13.7. The number of aromatic amines is 1. The van der Waals surface area contributed by atoms with Gasteiger partial charge < -0.3 is 4.74 Å². The molecule has 1 N–H and O–H groups in total. The Hall–Kier alpha value is -2.13. The zero-order valence-corrected chi connectivity index (χ0v) is 15.3. The lowest BCUT2D eigenvalue weighted by molar-refractivity contribution is -0.387. The molecule has 0 aliphatic carbocycles. The summed E-state index contributed by atoms with van der Waals surface area (Å²) in [5.41, 5.74) is -0.246. The minimum atomic E-state index is -0.638. The Bertz CT molecular complexity index is 781. The molecule has 0 atom stereocenters. The summed E-state index contributed by atoms with van der Waals surface area (Å²) in [6.45, 7) is 4.13. The molecule has 0 aliphatic rings. The Morgan fingerprint density at radius 3 is 2.80 bits per heavy atom. The highest BCUT2D eigenvalue weighted by Gasteiger charge is 2.24. The molecule has 2 aromatic rings. The van der Waals surface area contributed by atoms with Gasteiger partial charge >= 0.3 is 5.97 Å². The van der Waals surface area contributed by atoms with Gasteiger partial charge in [-0.05, 0) is 24.2 Å². The third kappa shape index (κ3) is 4.93. The summed E-state index contributed by atoms with van der Waals surface area (Å²) in [4.78, 5) is 27.2. The first-order valence-electron chi connectivity index (χ1n) is 7.70. The van der Waals surface area contributed by atoms with Gasteiger partial charge in [0, 0.05) is 12.5 Å². The first-order valence-corrected chi connectivity index (χ1v) is 8.89. The Morgan fingerprint density at radius 2 is 2.20 bits per heavy atom. The first kappa shape index (κ1) is 19.2. The Balaban J connectivity index is 2.30. The number of hydrogen-bond donors (Lipinski definition) is 1. The van der Waals surface area contributed by atoms with Gasteiger partial charge in [0.25, 0.3) is 5.69 Å². The van der Waals surface area contributed by atoms with Gasteiger partial charge in [0.2, 0.25) is 5.16 Å². The molecule has 1 heterocycles. The number of nitrogens with one attached hydrogen (secondary N) is 1. The normalized spacial score (nSPS) is 10.7. The monoisotopic (exact) mass is 384 g/mol. The first-order chi connectivity index (χ1) is 12.0. The molecule has 2 rings (SSSR count). The topological polar surface area (TPSA) is 111 Å². The number of carbonyl (C=O) groups excluding carboxylic acids is 1. The molecule has 0 fully saturated rings. The number of rotatable bonds is 8. The minimum absolute atomic E-state index is 0.0430. The van der Waals surface area contributed by atoms with Crippen LogP contribution in [0.1, 0.15) is 42.9 Å². The van der Waals surface area contributed by atoms with Crippen LogP contribution in [0.3, 0.4) is 0 Å². The number of H-pyrrole nitrogens is 1. The number of aromatic nitrogens is 3. The summed E-state index contributed by atoms with van der Waals surface area (Å²) in [6, 6.07) is 2.52. The largest absolute Gasteiger partial charge is 0.462 e. The van der Waals surface area contributed by atoms with E-state index in [1.54, 1.807) is 0 Å². The van der Waals surface area contributed by atoms with Crippen molar-refractivity contribution in [2.75, 3.05) is 6.61 Å². The number of unbranched alkanes of at least 4 members (excludes halogenated alkanes) is 1. The molecule has 0 aliphatic heterocycles. The summed E-state index contributed by atoms with van der Waals surface area (Å²) in [5.74, 6) is 0.0264. The van der Waals surface area contributed by atoms with Crippen LogP contribution in [0.25, 0.3) is 0 Å². The van der Waals surface area contributed by atoms with E-state index in [2.05, 4.69) is 15.2 Å². The predicted octanol–water partition coefficient (Wildman–Crippen LogP) is 4.04. The number of halogens is 1. The van der Waals surface area contributed by atoms with Gasteiger partial charge in [0.15, 0.2) is 0 Å². The van der Waals surface area contributed by atoms with Gasteiger partial charge in [0.1, 0.15) is 10.7 Å². The summed E-state index contributed by atoms with van der Waals surface area (Å²) in [5, 5.41) is 18.5. The number of nitrogens with zero attached hydrogens (tertiary/aromatic N) is 3. The Labute approximate surface area is 153 Å². The molecule has 1 aromatic carbocycles. The van der Waals surface area contributed by atoms with E-state index in [1.807, 2.05) is 13.8 Å². The second kappa shape index (κ2) is 8.82. The molecule has 8 nitrogen and oxygen atoms in total. The van der Waals surface area contributed by atoms with Crippen LogP contribution in [0.2, 0.25) is 5.02 Å². The van der Waals surface area contributed by atoms with Crippen LogP contribution in [0, 0.1) is 10.1 Å². The number of benzene rings is 1. The fourth-order valence-corrected chi connectivity index (χ4v) is 3.05. The summed E-state index contributed by atoms with van der Waals surface area (Å²) in [7, 11) is 0. The Morgan fingerprint density at radius 1 is 1.44 bits per heavy atom. The smallest absolute Gasteiger partial charge is 0.338 e. The molecule has 0 radical (unpaired) electrons. The minimum Gasteiger partial charge on any atom is -0.462 e. The van der Waals surface area contributed by atoms with Crippen LogP contribution in [-0.2, 0) is 11.2 Å². The maximum absolute atomic E-state index is 12.0. The lowest BCUT2D eigenvalue weighted by Gasteiger charge is -2.07. The number of nitro groups is 1. The average Bonchev–Trinajstić information content (AvgIpc) is 3.04. The lowest BCUT2D eigenvalue weighted by Crippen LogP contribution is -2.07. The van der Waals surface area contributed by atoms with Crippen LogP contribution in [-0.4, -0.2) is 32.7 Å². The van der Waals surface area contributed by atoms with Gasteiger partial charge in [-0.2, -0.15) is 0 Å². The molecule has 10 heteroatoms. The molecule has 0 saturated heterocycles. The van der Waals surface area contributed by atoms with Gasteiger partial charge in [-0.25, -0.2) is 9.78 Å². The quantitative estimate of drug-likeness (QED) is 0.316. The predicted molar refractivity (Wildman–Crippen MR) is 93.2 cm³/mol. The fraction of sp³-hybridized carbons (Fsp3) is 0.400. The van der Waals surface area contributed by atoms with Crippen molar-refractivity contribution >= 4 is 35.0 Å². The maximum atomic E-state index is 12.0. The number of nitro benzene ring substituents is 1. The number of aryl methyl sites for hydroxylation is 1. The molecule has 0 spiro atoms. The van der Waals surface area contributed by atoms with Gasteiger partial charge in [0.05, 0.1) is 22.1 Å². The molecular formula is C15H17ClN4O4S. The van der Waals surface area contributed by atoms with Crippen LogP contribution in [0.5, 0.6) is 0 Å². The number of carbonyl (C=O) groups is 1. The lowest BCUT2D eigenvalue weighted by atomic mass is 10.2. The third-order valence-corrected chi connectivity index (χ3v) is 4.64. The molecule has 25 heavy (non-hydrogen) atoms. The second-order valence-corrected chi connectivity index (χ2v) is 6.46. The summed E-state index contributed by atoms with van der Waals surface area (Å²) in [6.07, 6.45) is 2.26. The van der Waals surface area contributed by atoms with Crippen molar-refractivity contribution in [2.45, 2.75) is 43.2 Å². The van der Waals surface area contributed by atoms with E-state index in [9.17, 15) is 14.9 Å². The fourth-order valence-electron chi connectivity index (χ4n) is 1.90. The van der Waals surface area contributed by atoms with E-state index in [4.69, 9.17) is 16.3 Å². The van der Waals surface area contributed by atoms with Crippen molar-refractivity contribution in [3.8, 4) is 0 Å². The molecule has 0 unspecified atom stereocenters. The Kier molecular flexibility index (Phi) is 6.77. The number of esters is 1. The van der Waals surface area contributed by atoms with Crippen LogP contribution < -0.4 is 0 Å². The van der Waals surface area contributed by atoms with Crippen molar-refractivity contribution in [2.24, 2.45) is 0 Å². The zero-order chi connectivity index (χ0) is 18.4.